The van der Waals surface area contributed by atoms with E-state index in [4.69, 9.17) is 15.0 Å². The molecule has 4 heterocycles. The molecule has 0 saturated carbocycles. The first-order valence-electron chi connectivity index (χ1n) is 10.9. The van der Waals surface area contributed by atoms with Crippen molar-refractivity contribution >= 4 is 16.9 Å². The Kier molecular flexibility index (Phi) is 4.77. The molecule has 4 aromatic rings. The summed E-state index contributed by atoms with van der Waals surface area (Å²) in [5.74, 6) is 2.99. The lowest BCUT2D eigenvalue weighted by Gasteiger charge is -2.27. The van der Waals surface area contributed by atoms with Crippen LogP contribution in [-0.2, 0) is 13.0 Å². The molecule has 0 amide bonds. The molecule has 6 nitrogen and oxygen atoms in total. The number of hydrogen-bond donors (Lipinski definition) is 1. The van der Waals surface area contributed by atoms with E-state index in [1.54, 1.807) is 0 Å². The zero-order valence-electron chi connectivity index (χ0n) is 17.8. The van der Waals surface area contributed by atoms with Crippen LogP contribution in [0, 0.1) is 0 Å². The smallest absolute Gasteiger partial charge is 0.143 e. The summed E-state index contributed by atoms with van der Waals surface area (Å²) >= 11 is 0. The molecule has 1 aliphatic rings. The van der Waals surface area contributed by atoms with Crippen LogP contribution in [0.2, 0.25) is 0 Å². The second-order valence-corrected chi connectivity index (χ2v) is 8.29. The number of aromatic nitrogens is 5. The third-order valence-electron chi connectivity index (χ3n) is 6.22. The van der Waals surface area contributed by atoms with Gasteiger partial charge in [-0.1, -0.05) is 19.1 Å². The van der Waals surface area contributed by atoms with Gasteiger partial charge in [-0.2, -0.15) is 0 Å². The lowest BCUT2D eigenvalue weighted by Crippen LogP contribution is -2.33. The third-order valence-corrected chi connectivity index (χ3v) is 6.22. The predicted octanol–water partition coefficient (Wildman–Crippen LogP) is 4.81. The van der Waals surface area contributed by atoms with Crippen molar-refractivity contribution < 1.29 is 0 Å². The van der Waals surface area contributed by atoms with E-state index in [2.05, 4.69) is 65.6 Å². The first kappa shape index (κ1) is 18.9. The van der Waals surface area contributed by atoms with Crippen molar-refractivity contribution in [1.82, 2.24) is 24.5 Å². The van der Waals surface area contributed by atoms with Crippen molar-refractivity contribution in [3.05, 3.63) is 60.3 Å². The van der Waals surface area contributed by atoms with Crippen LogP contribution in [0.4, 0.5) is 5.82 Å². The number of hydrogen-bond acceptors (Lipinski definition) is 4. The molecule has 3 aromatic heterocycles. The van der Waals surface area contributed by atoms with Crippen molar-refractivity contribution in [2.75, 3.05) is 4.90 Å². The van der Waals surface area contributed by atoms with Crippen LogP contribution in [0.5, 0.6) is 0 Å². The van der Waals surface area contributed by atoms with Crippen LogP contribution >= 0.6 is 0 Å². The number of nitrogens with zero attached hydrogens (tertiary/aromatic N) is 5. The highest BCUT2D eigenvalue weighted by Gasteiger charge is 2.28. The molecule has 0 radical (unpaired) electrons. The summed E-state index contributed by atoms with van der Waals surface area (Å²) < 4.78 is 2.24. The molecule has 0 spiro atoms. The van der Waals surface area contributed by atoms with Gasteiger partial charge in [-0.05, 0) is 51.0 Å². The summed E-state index contributed by atoms with van der Waals surface area (Å²) in [6.45, 7) is 7.35. The summed E-state index contributed by atoms with van der Waals surface area (Å²) in [6, 6.07) is 13.6. The van der Waals surface area contributed by atoms with Crippen LogP contribution in [0.3, 0.4) is 0 Å². The molecule has 0 unspecified atom stereocenters. The second kappa shape index (κ2) is 7.59. The number of anilines is 1. The summed E-state index contributed by atoms with van der Waals surface area (Å²) in [7, 11) is 0. The van der Waals surface area contributed by atoms with Crippen molar-refractivity contribution in [3.8, 4) is 11.4 Å². The maximum atomic E-state index is 4.93. The van der Waals surface area contributed by atoms with Gasteiger partial charge < -0.3 is 14.5 Å². The van der Waals surface area contributed by atoms with E-state index in [9.17, 15) is 0 Å². The Morgan fingerprint density at radius 2 is 1.83 bits per heavy atom. The van der Waals surface area contributed by atoms with Gasteiger partial charge in [-0.25, -0.2) is 15.0 Å². The molecular weight excluding hydrogens is 372 g/mol. The minimum Gasteiger partial charge on any atom is -0.351 e. The normalized spacial score (nSPS) is 19.1. The summed E-state index contributed by atoms with van der Waals surface area (Å²) in [5, 5.41) is 0. The van der Waals surface area contributed by atoms with Crippen LogP contribution in [-0.4, -0.2) is 36.6 Å². The second-order valence-electron chi connectivity index (χ2n) is 8.29. The standard InChI is InChI=1S/C24H28N6/c1-4-22-25-14-19(27-22)15-29-21-8-6-5-7-20(21)28-24(29)18-11-12-23(26-13-18)30-16(2)9-10-17(30)3/h5-8,11-14,16-17H,4,9-10,15H2,1-3H3,(H,25,27)/t16-,17-/m0/s1. The molecule has 0 bridgehead atoms. The van der Waals surface area contributed by atoms with Gasteiger partial charge in [0.2, 0.25) is 0 Å². The summed E-state index contributed by atoms with van der Waals surface area (Å²) in [5.41, 5.74) is 4.14. The fourth-order valence-electron chi connectivity index (χ4n) is 4.60. The number of H-pyrrole nitrogens is 1. The van der Waals surface area contributed by atoms with Crippen molar-refractivity contribution in [1.29, 1.82) is 0 Å². The Morgan fingerprint density at radius 3 is 2.53 bits per heavy atom. The number of benzene rings is 1. The molecule has 2 atom stereocenters. The topological polar surface area (TPSA) is 62.6 Å². The van der Waals surface area contributed by atoms with E-state index in [1.165, 1.54) is 12.8 Å². The number of rotatable bonds is 5. The van der Waals surface area contributed by atoms with Gasteiger partial charge in [0.25, 0.3) is 0 Å². The molecular formula is C24H28N6. The average molecular weight is 401 g/mol. The highest BCUT2D eigenvalue weighted by Crippen LogP contribution is 2.31. The zero-order chi connectivity index (χ0) is 20.7. The molecule has 5 rings (SSSR count). The SMILES string of the molecule is CCc1nc(Cn2c(-c3ccc(N4[C@@H](C)CC[C@@H]4C)nc3)nc3ccccc32)c[nH]1. The van der Waals surface area contributed by atoms with Gasteiger partial charge in [0.15, 0.2) is 0 Å². The van der Waals surface area contributed by atoms with Gasteiger partial charge in [0.1, 0.15) is 17.5 Å². The van der Waals surface area contributed by atoms with E-state index in [0.29, 0.717) is 18.6 Å². The van der Waals surface area contributed by atoms with E-state index >= 15 is 0 Å². The molecule has 1 N–H and O–H groups in total. The minimum atomic E-state index is 0.537. The van der Waals surface area contributed by atoms with Gasteiger partial charge >= 0.3 is 0 Å². The Bertz CT molecular complexity index is 1150. The Labute approximate surface area is 177 Å². The zero-order valence-corrected chi connectivity index (χ0v) is 17.8. The number of aromatic amines is 1. The molecule has 0 aliphatic carbocycles. The molecule has 154 valence electrons. The van der Waals surface area contributed by atoms with Crippen LogP contribution in [0.25, 0.3) is 22.4 Å². The molecule has 1 aromatic carbocycles. The van der Waals surface area contributed by atoms with Crippen molar-refractivity contribution in [3.63, 3.8) is 0 Å². The first-order chi connectivity index (χ1) is 14.6. The number of fused-ring (bicyclic) bond motifs is 1. The lowest BCUT2D eigenvalue weighted by molar-refractivity contribution is 0.683. The quantitative estimate of drug-likeness (QED) is 0.522. The van der Waals surface area contributed by atoms with Crippen molar-refractivity contribution in [2.45, 2.75) is 58.7 Å². The number of pyridine rings is 1. The summed E-state index contributed by atoms with van der Waals surface area (Å²) in [6.07, 6.45) is 7.31. The molecule has 30 heavy (non-hydrogen) atoms. The maximum Gasteiger partial charge on any atom is 0.143 e. The van der Waals surface area contributed by atoms with Gasteiger partial charge in [0, 0.05) is 36.5 Å². The lowest BCUT2D eigenvalue weighted by atomic mass is 10.2. The Hall–Kier alpha value is -3.15. The van der Waals surface area contributed by atoms with E-state index in [1.807, 2.05) is 18.5 Å². The molecule has 1 aliphatic heterocycles. The van der Waals surface area contributed by atoms with Gasteiger partial charge in [0.05, 0.1) is 23.3 Å². The molecule has 1 saturated heterocycles. The highest BCUT2D eigenvalue weighted by molar-refractivity contribution is 5.80. The Balaban J connectivity index is 1.53. The number of nitrogens with one attached hydrogen (secondary N) is 1. The van der Waals surface area contributed by atoms with E-state index in [-0.39, 0.29) is 0 Å². The van der Waals surface area contributed by atoms with Crippen LogP contribution in [0.15, 0.2) is 48.8 Å². The minimum absolute atomic E-state index is 0.537. The average Bonchev–Trinajstić information content (AvgIpc) is 3.46. The Morgan fingerprint density at radius 1 is 1.03 bits per heavy atom. The van der Waals surface area contributed by atoms with Gasteiger partial charge in [-0.3, -0.25) is 0 Å². The third kappa shape index (κ3) is 3.26. The number of para-hydroxylation sites is 2. The van der Waals surface area contributed by atoms with Gasteiger partial charge in [-0.15, -0.1) is 0 Å². The van der Waals surface area contributed by atoms with E-state index in [0.717, 1.165) is 46.2 Å². The van der Waals surface area contributed by atoms with Crippen LogP contribution < -0.4 is 4.90 Å². The molecule has 1 fully saturated rings. The fraction of sp³-hybridized carbons (Fsp3) is 0.375. The highest BCUT2D eigenvalue weighted by atomic mass is 15.2. The van der Waals surface area contributed by atoms with Crippen LogP contribution in [0.1, 0.15) is 45.1 Å². The molecule has 6 heteroatoms. The van der Waals surface area contributed by atoms with Crippen molar-refractivity contribution in [2.24, 2.45) is 0 Å². The first-order valence-corrected chi connectivity index (χ1v) is 10.9. The largest absolute Gasteiger partial charge is 0.351 e. The maximum absolute atomic E-state index is 4.93. The summed E-state index contributed by atoms with van der Waals surface area (Å²) in [4.78, 5) is 20.2. The fourth-order valence-corrected chi connectivity index (χ4v) is 4.60. The number of aryl methyl sites for hydroxylation is 1. The predicted molar refractivity (Wildman–Crippen MR) is 121 cm³/mol. The number of imidazole rings is 2. The van der Waals surface area contributed by atoms with E-state index < -0.39 is 0 Å². The monoisotopic (exact) mass is 400 g/mol.